The number of fused-ring (bicyclic) bond motifs is 1. The SMILES string of the molecule is COC1=C(n2cnc(C)c2)C=CC(/C=C2\CCCN3C2=NC(=O)CN3c2ccc(F)cc2)=CC1. The van der Waals surface area contributed by atoms with Crippen LogP contribution in [0, 0.1) is 12.7 Å². The van der Waals surface area contributed by atoms with E-state index in [1.54, 1.807) is 25.6 Å². The van der Waals surface area contributed by atoms with Crippen LogP contribution in [-0.4, -0.2) is 46.5 Å². The minimum absolute atomic E-state index is 0.139. The highest BCUT2D eigenvalue weighted by Gasteiger charge is 2.32. The van der Waals surface area contributed by atoms with Gasteiger partial charge in [-0.2, -0.15) is 4.99 Å². The van der Waals surface area contributed by atoms with Gasteiger partial charge >= 0.3 is 0 Å². The Kier molecular flexibility index (Phi) is 5.88. The maximum atomic E-state index is 13.4. The molecule has 0 radical (unpaired) electrons. The molecule has 3 aliphatic rings. The van der Waals surface area contributed by atoms with E-state index < -0.39 is 0 Å². The van der Waals surface area contributed by atoms with Gasteiger partial charge in [0.1, 0.15) is 18.1 Å². The average molecular weight is 460 g/mol. The number of halogens is 1. The molecule has 1 aliphatic carbocycles. The van der Waals surface area contributed by atoms with Crippen LogP contribution in [0.15, 0.2) is 83.0 Å². The van der Waals surface area contributed by atoms with Crippen molar-refractivity contribution in [2.75, 3.05) is 25.2 Å². The Morgan fingerprint density at radius 3 is 2.71 bits per heavy atom. The van der Waals surface area contributed by atoms with Crippen LogP contribution in [0.2, 0.25) is 0 Å². The summed E-state index contributed by atoms with van der Waals surface area (Å²) < 4.78 is 21.1. The first kappa shape index (κ1) is 21.9. The first-order valence-corrected chi connectivity index (χ1v) is 11.3. The molecule has 2 aromatic rings. The molecule has 0 bridgehead atoms. The molecule has 0 saturated carbocycles. The lowest BCUT2D eigenvalue weighted by molar-refractivity contribution is -0.117. The lowest BCUT2D eigenvalue weighted by Gasteiger charge is -2.43. The Balaban J connectivity index is 1.44. The number of aliphatic imine (C=N–C) groups is 1. The van der Waals surface area contributed by atoms with Gasteiger partial charge in [0.15, 0.2) is 5.84 Å². The second-order valence-electron chi connectivity index (χ2n) is 8.44. The Labute approximate surface area is 197 Å². The molecule has 1 aromatic heterocycles. The normalized spacial score (nSPS) is 19.7. The molecule has 5 rings (SSSR count). The lowest BCUT2D eigenvalue weighted by atomic mass is 10.00. The number of rotatable bonds is 4. The molecule has 0 N–H and O–H groups in total. The van der Waals surface area contributed by atoms with E-state index in [2.05, 4.69) is 22.1 Å². The highest BCUT2D eigenvalue weighted by atomic mass is 19.1. The van der Waals surface area contributed by atoms with Gasteiger partial charge in [0.05, 0.1) is 30.5 Å². The third-order valence-corrected chi connectivity index (χ3v) is 6.10. The number of ether oxygens (including phenoxy) is 1. The van der Waals surface area contributed by atoms with Crippen molar-refractivity contribution in [2.24, 2.45) is 4.99 Å². The summed E-state index contributed by atoms with van der Waals surface area (Å²) in [6.45, 7) is 2.84. The number of carbonyl (C=O) groups is 1. The highest BCUT2D eigenvalue weighted by molar-refractivity contribution is 6.09. The second-order valence-corrected chi connectivity index (χ2v) is 8.44. The minimum atomic E-state index is -0.304. The van der Waals surface area contributed by atoms with Crippen molar-refractivity contribution in [1.29, 1.82) is 0 Å². The largest absolute Gasteiger partial charge is 0.499 e. The molecule has 0 atom stereocenters. The number of hydrazine groups is 1. The molecule has 1 saturated heterocycles. The number of aryl methyl sites for hydroxylation is 1. The van der Waals surface area contributed by atoms with Gasteiger partial charge in [0.2, 0.25) is 0 Å². The van der Waals surface area contributed by atoms with Crippen LogP contribution in [0.1, 0.15) is 25.0 Å². The van der Waals surface area contributed by atoms with E-state index in [1.807, 2.05) is 39.9 Å². The molecular weight excluding hydrogens is 433 g/mol. The molecule has 7 nitrogen and oxygen atoms in total. The summed E-state index contributed by atoms with van der Waals surface area (Å²) in [7, 11) is 1.68. The topological polar surface area (TPSA) is 63.0 Å². The van der Waals surface area contributed by atoms with Gasteiger partial charge in [-0.15, -0.1) is 0 Å². The molecule has 1 fully saturated rings. The fourth-order valence-corrected chi connectivity index (χ4v) is 4.45. The molecule has 1 aromatic carbocycles. The van der Waals surface area contributed by atoms with Crippen molar-refractivity contribution in [2.45, 2.75) is 26.2 Å². The third-order valence-electron chi connectivity index (χ3n) is 6.10. The predicted molar refractivity (Wildman–Crippen MR) is 129 cm³/mol. The maximum Gasteiger partial charge on any atom is 0.269 e. The number of aromatic nitrogens is 2. The van der Waals surface area contributed by atoms with Gasteiger partial charge in [0.25, 0.3) is 5.91 Å². The van der Waals surface area contributed by atoms with Crippen molar-refractivity contribution < 1.29 is 13.9 Å². The van der Waals surface area contributed by atoms with Gasteiger partial charge < -0.3 is 9.30 Å². The van der Waals surface area contributed by atoms with Crippen molar-refractivity contribution >= 4 is 23.1 Å². The molecule has 0 spiro atoms. The first-order valence-electron chi connectivity index (χ1n) is 11.3. The molecule has 8 heteroatoms. The lowest BCUT2D eigenvalue weighted by Crippen LogP contribution is -2.55. The van der Waals surface area contributed by atoms with E-state index in [-0.39, 0.29) is 18.3 Å². The van der Waals surface area contributed by atoms with Crippen molar-refractivity contribution in [3.8, 4) is 0 Å². The summed E-state index contributed by atoms with van der Waals surface area (Å²) >= 11 is 0. The van der Waals surface area contributed by atoms with E-state index in [1.165, 1.54) is 12.1 Å². The van der Waals surface area contributed by atoms with Crippen molar-refractivity contribution in [3.63, 3.8) is 0 Å². The number of imidazole rings is 1. The molecule has 0 unspecified atom stereocenters. The number of methoxy groups -OCH3 is 1. The predicted octanol–water partition coefficient (Wildman–Crippen LogP) is 4.41. The summed E-state index contributed by atoms with van der Waals surface area (Å²) in [5, 5.41) is 3.92. The number of carbonyl (C=O) groups excluding carboxylic acids is 1. The number of nitrogens with zero attached hydrogens (tertiary/aromatic N) is 5. The Morgan fingerprint density at radius 2 is 1.97 bits per heavy atom. The van der Waals surface area contributed by atoms with Crippen LogP contribution in [0.5, 0.6) is 0 Å². The number of hydrogen-bond acceptors (Lipinski definition) is 5. The Morgan fingerprint density at radius 1 is 1.15 bits per heavy atom. The zero-order valence-corrected chi connectivity index (χ0v) is 19.2. The molecule has 34 heavy (non-hydrogen) atoms. The fourth-order valence-electron chi connectivity index (χ4n) is 4.45. The van der Waals surface area contributed by atoms with Crippen molar-refractivity contribution in [1.82, 2.24) is 14.6 Å². The fraction of sp³-hybridized carbons (Fsp3) is 0.269. The summed E-state index contributed by atoms with van der Waals surface area (Å²) in [5.41, 5.74) is 4.66. The molecule has 174 valence electrons. The molecule has 2 aliphatic heterocycles. The number of benzene rings is 1. The number of hydrogen-bond donors (Lipinski definition) is 0. The van der Waals surface area contributed by atoms with Crippen molar-refractivity contribution in [3.05, 3.63) is 89.5 Å². The first-order chi connectivity index (χ1) is 16.5. The highest BCUT2D eigenvalue weighted by Crippen LogP contribution is 2.30. The third kappa shape index (κ3) is 4.31. The number of piperidine rings is 1. The van der Waals surface area contributed by atoms with Gasteiger partial charge in [-0.25, -0.2) is 9.37 Å². The quantitative estimate of drug-likeness (QED) is 0.678. The molecule has 1 amide bonds. The Bertz CT molecular complexity index is 1270. The number of allylic oxidation sites excluding steroid dienone is 6. The number of anilines is 1. The molecule has 3 heterocycles. The van der Waals surface area contributed by atoms with E-state index in [4.69, 9.17) is 4.74 Å². The maximum absolute atomic E-state index is 13.4. The number of amides is 1. The summed E-state index contributed by atoms with van der Waals surface area (Å²) in [6.07, 6.45) is 14.4. The van der Waals surface area contributed by atoms with Crippen LogP contribution in [0.3, 0.4) is 0 Å². The summed E-state index contributed by atoms with van der Waals surface area (Å²) in [4.78, 5) is 21.2. The van der Waals surface area contributed by atoms with Gasteiger partial charge in [0, 0.05) is 19.2 Å². The van der Waals surface area contributed by atoms with Gasteiger partial charge in [-0.3, -0.25) is 14.8 Å². The van der Waals surface area contributed by atoms with Crippen LogP contribution in [-0.2, 0) is 9.53 Å². The summed E-state index contributed by atoms with van der Waals surface area (Å²) in [5.74, 6) is 0.993. The number of amidine groups is 1. The van der Waals surface area contributed by atoms with E-state index >= 15 is 0 Å². The smallest absolute Gasteiger partial charge is 0.269 e. The second kappa shape index (κ2) is 9.13. The standard InChI is InChI=1S/C26H26FN5O2/c1-18-15-30(17-28-18)23-11-5-19(6-12-24(23)34-2)14-20-4-3-13-31-26(20)29-25(33)16-32(31)22-9-7-21(27)8-10-22/h5-11,14-15,17H,3-4,12-13,16H2,1-2H3/b20-14+. The van der Waals surface area contributed by atoms with Crippen LogP contribution in [0.25, 0.3) is 5.70 Å². The minimum Gasteiger partial charge on any atom is -0.499 e. The van der Waals surface area contributed by atoms with Crippen LogP contribution < -0.4 is 5.01 Å². The molecular formula is C26H26FN5O2. The Hall–Kier alpha value is -3.94. The zero-order chi connectivity index (χ0) is 23.7. The van der Waals surface area contributed by atoms with E-state index in [0.717, 1.165) is 53.4 Å². The van der Waals surface area contributed by atoms with Gasteiger partial charge in [-0.1, -0.05) is 12.2 Å². The zero-order valence-electron chi connectivity index (χ0n) is 19.2. The van der Waals surface area contributed by atoms with Crippen LogP contribution >= 0.6 is 0 Å². The summed E-state index contributed by atoms with van der Waals surface area (Å²) in [6, 6.07) is 6.20. The van der Waals surface area contributed by atoms with E-state index in [9.17, 15) is 9.18 Å². The van der Waals surface area contributed by atoms with E-state index in [0.29, 0.717) is 12.3 Å². The monoisotopic (exact) mass is 459 g/mol. The average Bonchev–Trinajstić information content (AvgIpc) is 3.16. The van der Waals surface area contributed by atoms with Crippen LogP contribution in [0.4, 0.5) is 10.1 Å². The van der Waals surface area contributed by atoms with Gasteiger partial charge in [-0.05, 0) is 67.3 Å².